The highest BCUT2D eigenvalue weighted by atomic mass is 32.1. The molecule has 3 nitrogen and oxygen atoms in total. The van der Waals surface area contributed by atoms with E-state index in [2.05, 4.69) is 22.5 Å². The molecule has 1 fully saturated rings. The van der Waals surface area contributed by atoms with E-state index in [1.54, 1.807) is 0 Å². The van der Waals surface area contributed by atoms with E-state index in [9.17, 15) is 8.78 Å². The third-order valence-electron chi connectivity index (χ3n) is 4.31. The number of rotatable bonds is 6. The van der Waals surface area contributed by atoms with E-state index in [-0.39, 0.29) is 5.69 Å². The number of hydrogen-bond acceptors (Lipinski definition) is 2. The maximum Gasteiger partial charge on any atom is 0.170 e. The number of anilines is 1. The Hall–Kier alpha value is -1.27. The van der Waals surface area contributed by atoms with Crippen LogP contribution in [0.15, 0.2) is 18.2 Å². The highest BCUT2D eigenvalue weighted by molar-refractivity contribution is 7.80. The lowest BCUT2D eigenvalue weighted by Gasteiger charge is -2.35. The molecule has 1 aliphatic heterocycles. The van der Waals surface area contributed by atoms with E-state index in [0.717, 1.165) is 25.6 Å². The molecule has 0 unspecified atom stereocenters. The fourth-order valence-electron chi connectivity index (χ4n) is 3.06. The van der Waals surface area contributed by atoms with Gasteiger partial charge in [0.15, 0.2) is 5.11 Å². The van der Waals surface area contributed by atoms with Crippen LogP contribution in [0, 0.1) is 11.6 Å². The van der Waals surface area contributed by atoms with Crippen LogP contribution in [0.3, 0.4) is 0 Å². The summed E-state index contributed by atoms with van der Waals surface area (Å²) >= 11 is 5.15. The van der Waals surface area contributed by atoms with Crippen LogP contribution in [0.2, 0.25) is 0 Å². The van der Waals surface area contributed by atoms with Crippen LogP contribution in [-0.4, -0.2) is 35.7 Å². The van der Waals surface area contributed by atoms with Crippen molar-refractivity contribution >= 4 is 23.0 Å². The van der Waals surface area contributed by atoms with Gasteiger partial charge in [0.2, 0.25) is 0 Å². The summed E-state index contributed by atoms with van der Waals surface area (Å²) in [5.74, 6) is -1.24. The Morgan fingerprint density at radius 2 is 2.17 bits per heavy atom. The second kappa shape index (κ2) is 9.13. The van der Waals surface area contributed by atoms with Crippen molar-refractivity contribution in [3.05, 3.63) is 29.8 Å². The van der Waals surface area contributed by atoms with Crippen molar-refractivity contribution in [3.8, 4) is 0 Å². The summed E-state index contributed by atoms with van der Waals surface area (Å²) in [7, 11) is 0. The van der Waals surface area contributed by atoms with Gasteiger partial charge in [0.1, 0.15) is 11.6 Å². The van der Waals surface area contributed by atoms with Gasteiger partial charge in [-0.3, -0.25) is 0 Å². The lowest BCUT2D eigenvalue weighted by Crippen LogP contribution is -2.41. The number of hydrogen-bond donors (Lipinski definition) is 2. The minimum atomic E-state index is -0.645. The molecule has 1 aromatic carbocycles. The molecule has 1 saturated heterocycles. The number of nitrogens with zero attached hydrogens (tertiary/aromatic N) is 1. The van der Waals surface area contributed by atoms with E-state index in [0.29, 0.717) is 11.2 Å². The molecule has 1 heterocycles. The van der Waals surface area contributed by atoms with Gasteiger partial charge in [0, 0.05) is 25.2 Å². The number of piperidine rings is 1. The van der Waals surface area contributed by atoms with Gasteiger partial charge in [-0.15, -0.1) is 0 Å². The standard InChI is InChI=1S/C17H25F2N3S/c1-2-14-6-3-4-10-22(14)11-5-9-20-17(23)21-16-8-7-13(18)12-15(16)19/h7-8,12,14H,2-6,9-11H2,1H3,(H2,20,21,23)/t14-/m0/s1. The molecule has 1 atom stereocenters. The molecule has 0 saturated carbocycles. The molecule has 1 aliphatic rings. The molecule has 0 amide bonds. The number of likely N-dealkylation sites (tertiary alicyclic amines) is 1. The summed E-state index contributed by atoms with van der Waals surface area (Å²) < 4.78 is 26.4. The van der Waals surface area contributed by atoms with E-state index < -0.39 is 11.6 Å². The Bertz CT molecular complexity index is 525. The Labute approximate surface area is 142 Å². The summed E-state index contributed by atoms with van der Waals surface area (Å²) in [4.78, 5) is 2.56. The molecule has 0 aromatic heterocycles. The normalized spacial score (nSPS) is 18.7. The van der Waals surface area contributed by atoms with Crippen LogP contribution < -0.4 is 10.6 Å². The van der Waals surface area contributed by atoms with Gasteiger partial charge in [-0.2, -0.15) is 0 Å². The molecule has 0 spiro atoms. The minimum Gasteiger partial charge on any atom is -0.362 e. The van der Waals surface area contributed by atoms with Crippen molar-refractivity contribution in [1.29, 1.82) is 0 Å². The third kappa shape index (κ3) is 5.70. The Morgan fingerprint density at radius 3 is 2.91 bits per heavy atom. The van der Waals surface area contributed by atoms with Gasteiger partial charge in [0.25, 0.3) is 0 Å². The van der Waals surface area contributed by atoms with Crippen molar-refractivity contribution in [3.63, 3.8) is 0 Å². The summed E-state index contributed by atoms with van der Waals surface area (Å²) in [5.41, 5.74) is 0.186. The van der Waals surface area contributed by atoms with Crippen LogP contribution in [0.1, 0.15) is 39.0 Å². The minimum absolute atomic E-state index is 0.186. The monoisotopic (exact) mass is 341 g/mol. The Balaban J connectivity index is 1.68. The van der Waals surface area contributed by atoms with E-state index in [1.807, 2.05) is 0 Å². The number of thiocarbonyl (C=S) groups is 1. The van der Waals surface area contributed by atoms with Crippen LogP contribution >= 0.6 is 12.2 Å². The molecule has 6 heteroatoms. The topological polar surface area (TPSA) is 27.3 Å². The lowest BCUT2D eigenvalue weighted by atomic mass is 10.00. The maximum atomic E-state index is 13.5. The number of halogens is 2. The second-order valence-electron chi connectivity index (χ2n) is 5.95. The third-order valence-corrected chi connectivity index (χ3v) is 4.55. The molecule has 128 valence electrons. The van der Waals surface area contributed by atoms with E-state index in [1.165, 1.54) is 44.4 Å². The first-order valence-corrected chi connectivity index (χ1v) is 8.75. The molecule has 23 heavy (non-hydrogen) atoms. The number of benzene rings is 1. The van der Waals surface area contributed by atoms with Gasteiger partial charge >= 0.3 is 0 Å². The largest absolute Gasteiger partial charge is 0.362 e. The molecular weight excluding hydrogens is 316 g/mol. The highest BCUT2D eigenvalue weighted by Gasteiger charge is 2.19. The molecule has 0 bridgehead atoms. The van der Waals surface area contributed by atoms with E-state index in [4.69, 9.17) is 12.2 Å². The molecule has 2 N–H and O–H groups in total. The average molecular weight is 341 g/mol. The maximum absolute atomic E-state index is 13.5. The van der Waals surface area contributed by atoms with Crippen molar-refractivity contribution < 1.29 is 8.78 Å². The van der Waals surface area contributed by atoms with Crippen LogP contribution in [-0.2, 0) is 0 Å². The lowest BCUT2D eigenvalue weighted by molar-refractivity contribution is 0.143. The highest BCUT2D eigenvalue weighted by Crippen LogP contribution is 2.19. The van der Waals surface area contributed by atoms with Gasteiger partial charge < -0.3 is 15.5 Å². The van der Waals surface area contributed by atoms with E-state index >= 15 is 0 Å². The van der Waals surface area contributed by atoms with Crippen LogP contribution in [0.5, 0.6) is 0 Å². The Kier molecular flexibility index (Phi) is 7.17. The summed E-state index contributed by atoms with van der Waals surface area (Å²) in [5, 5.41) is 6.20. The first kappa shape index (κ1) is 18.1. The Morgan fingerprint density at radius 1 is 1.35 bits per heavy atom. The second-order valence-corrected chi connectivity index (χ2v) is 6.36. The SMILES string of the molecule is CC[C@H]1CCCCN1CCCNC(=S)Nc1ccc(F)cc1F. The fraction of sp³-hybridized carbons (Fsp3) is 0.588. The van der Waals surface area contributed by atoms with Gasteiger partial charge in [-0.25, -0.2) is 8.78 Å². The first-order valence-electron chi connectivity index (χ1n) is 8.34. The predicted octanol–water partition coefficient (Wildman–Crippen LogP) is 3.91. The summed E-state index contributed by atoms with van der Waals surface area (Å²) in [6.45, 7) is 5.22. The average Bonchev–Trinajstić information content (AvgIpc) is 2.54. The smallest absolute Gasteiger partial charge is 0.170 e. The molecule has 0 radical (unpaired) electrons. The van der Waals surface area contributed by atoms with Crippen molar-refractivity contribution in [2.24, 2.45) is 0 Å². The summed E-state index contributed by atoms with van der Waals surface area (Å²) in [6, 6.07) is 4.10. The first-order chi connectivity index (χ1) is 11.1. The zero-order chi connectivity index (χ0) is 16.7. The van der Waals surface area contributed by atoms with Crippen molar-refractivity contribution in [2.75, 3.05) is 25.0 Å². The van der Waals surface area contributed by atoms with Crippen molar-refractivity contribution in [1.82, 2.24) is 10.2 Å². The quantitative estimate of drug-likeness (QED) is 0.606. The molecule has 2 rings (SSSR count). The zero-order valence-electron chi connectivity index (χ0n) is 13.6. The van der Waals surface area contributed by atoms with Gasteiger partial charge in [-0.05, 0) is 56.6 Å². The number of nitrogens with one attached hydrogen (secondary N) is 2. The molecule has 1 aromatic rings. The predicted molar refractivity (Wildman–Crippen MR) is 94.7 cm³/mol. The van der Waals surface area contributed by atoms with Crippen molar-refractivity contribution in [2.45, 2.75) is 45.1 Å². The summed E-state index contributed by atoms with van der Waals surface area (Å²) in [6.07, 6.45) is 6.12. The molecular formula is C17H25F2N3S. The fourth-order valence-corrected chi connectivity index (χ4v) is 3.27. The van der Waals surface area contributed by atoms with Gasteiger partial charge in [0.05, 0.1) is 5.69 Å². The van der Waals surface area contributed by atoms with Crippen LogP contribution in [0.25, 0.3) is 0 Å². The van der Waals surface area contributed by atoms with Crippen LogP contribution in [0.4, 0.5) is 14.5 Å². The zero-order valence-corrected chi connectivity index (χ0v) is 14.4. The molecule has 0 aliphatic carbocycles. The van der Waals surface area contributed by atoms with Gasteiger partial charge in [-0.1, -0.05) is 13.3 Å².